The van der Waals surface area contributed by atoms with E-state index in [0.29, 0.717) is 30.8 Å². The number of sulfonamides is 1. The Kier molecular flexibility index (Phi) is 7.95. The molecule has 0 saturated carbocycles. The summed E-state index contributed by atoms with van der Waals surface area (Å²) < 4.78 is 55.0. The summed E-state index contributed by atoms with van der Waals surface area (Å²) in [5, 5.41) is 5.56. The molecule has 12 heteroatoms. The summed E-state index contributed by atoms with van der Waals surface area (Å²) in [6.07, 6.45) is 2.27. The zero-order valence-electron chi connectivity index (χ0n) is 18.9. The van der Waals surface area contributed by atoms with E-state index in [9.17, 15) is 26.4 Å². The number of nitrogens with zero attached hydrogens (tertiary/aromatic N) is 1. The number of benzene rings is 2. The van der Waals surface area contributed by atoms with Crippen LogP contribution in [0.25, 0.3) is 0 Å². The Morgan fingerprint density at radius 1 is 0.971 bits per heavy atom. The fourth-order valence-electron chi connectivity index (χ4n) is 3.59. The molecular weight excluding hydrogens is 482 g/mol. The second kappa shape index (κ2) is 10.5. The molecule has 1 atom stereocenters. The van der Waals surface area contributed by atoms with Gasteiger partial charge in [0.15, 0.2) is 9.84 Å². The fraction of sp³-hybridized carbons (Fsp3) is 0.364. The highest BCUT2D eigenvalue weighted by Gasteiger charge is 2.33. The van der Waals surface area contributed by atoms with Crippen molar-refractivity contribution in [3.05, 3.63) is 48.5 Å². The van der Waals surface area contributed by atoms with Crippen LogP contribution in [0.15, 0.2) is 58.3 Å². The Balaban J connectivity index is 1.57. The second-order valence-corrected chi connectivity index (χ2v) is 11.9. The van der Waals surface area contributed by atoms with Gasteiger partial charge in [0.2, 0.25) is 15.9 Å². The molecule has 2 aromatic rings. The van der Waals surface area contributed by atoms with Crippen molar-refractivity contribution in [2.24, 2.45) is 5.92 Å². The molecule has 0 spiro atoms. The Morgan fingerprint density at radius 2 is 1.56 bits per heavy atom. The van der Waals surface area contributed by atoms with Gasteiger partial charge in [0.1, 0.15) is 0 Å². The van der Waals surface area contributed by atoms with Crippen LogP contribution in [0.2, 0.25) is 0 Å². The lowest BCUT2D eigenvalue weighted by molar-refractivity contribution is -0.146. The van der Waals surface area contributed by atoms with Crippen LogP contribution in [-0.4, -0.2) is 66.0 Å². The highest BCUT2D eigenvalue weighted by molar-refractivity contribution is 7.90. The van der Waals surface area contributed by atoms with E-state index in [2.05, 4.69) is 10.6 Å². The summed E-state index contributed by atoms with van der Waals surface area (Å²) >= 11 is 0. The van der Waals surface area contributed by atoms with E-state index in [1.165, 1.54) is 47.8 Å². The number of anilines is 2. The molecule has 1 heterocycles. The van der Waals surface area contributed by atoms with E-state index >= 15 is 0 Å². The SMILES string of the molecule is COC(=O)[C@H]1CCCN(S(=O)(=O)c2ccc(NCC(=O)Nc3ccc(S(C)(=O)=O)cc3)cc2)C1. The molecule has 0 aromatic heterocycles. The number of carbonyl (C=O) groups is 2. The van der Waals surface area contributed by atoms with Crippen LogP contribution in [0.5, 0.6) is 0 Å². The van der Waals surface area contributed by atoms with Crippen LogP contribution in [0.4, 0.5) is 11.4 Å². The van der Waals surface area contributed by atoms with Crippen molar-refractivity contribution < 1.29 is 31.2 Å². The maximum absolute atomic E-state index is 13.0. The molecule has 0 radical (unpaired) electrons. The van der Waals surface area contributed by atoms with Gasteiger partial charge in [0, 0.05) is 30.7 Å². The van der Waals surface area contributed by atoms with E-state index < -0.39 is 31.7 Å². The molecule has 0 bridgehead atoms. The van der Waals surface area contributed by atoms with Crippen molar-refractivity contribution in [2.75, 3.05) is 43.6 Å². The minimum atomic E-state index is -3.76. The number of esters is 1. The summed E-state index contributed by atoms with van der Waals surface area (Å²) in [7, 11) is -5.79. The summed E-state index contributed by atoms with van der Waals surface area (Å²) in [5.41, 5.74) is 1.00. The summed E-state index contributed by atoms with van der Waals surface area (Å²) in [4.78, 5) is 24.2. The summed E-state index contributed by atoms with van der Waals surface area (Å²) in [5.74, 6) is -1.24. The maximum atomic E-state index is 13.0. The molecule has 3 rings (SSSR count). The van der Waals surface area contributed by atoms with Gasteiger partial charge in [0.05, 0.1) is 29.4 Å². The first-order chi connectivity index (χ1) is 16.0. The van der Waals surface area contributed by atoms with Gasteiger partial charge < -0.3 is 15.4 Å². The summed E-state index contributed by atoms with van der Waals surface area (Å²) in [6, 6.07) is 11.8. The average molecular weight is 510 g/mol. The maximum Gasteiger partial charge on any atom is 0.309 e. The zero-order chi connectivity index (χ0) is 24.9. The molecule has 1 aliphatic rings. The standard InChI is InChI=1S/C22H27N3O7S2/c1-32-22(27)16-4-3-13-25(15-16)34(30,31)20-11-5-17(6-12-20)23-14-21(26)24-18-7-9-19(10-8-18)33(2,28)29/h5-12,16,23H,3-4,13-15H2,1-2H3,(H,24,26)/t16-/m0/s1. The predicted molar refractivity (Wildman–Crippen MR) is 127 cm³/mol. The largest absolute Gasteiger partial charge is 0.469 e. The predicted octanol–water partition coefficient (Wildman–Crippen LogP) is 1.71. The number of rotatable bonds is 8. The number of amides is 1. The van der Waals surface area contributed by atoms with Gasteiger partial charge in [-0.25, -0.2) is 16.8 Å². The second-order valence-electron chi connectivity index (χ2n) is 7.95. The molecule has 1 amide bonds. The summed E-state index contributed by atoms with van der Waals surface area (Å²) in [6.45, 7) is 0.342. The van der Waals surface area contributed by atoms with Crippen LogP contribution in [0.1, 0.15) is 12.8 Å². The van der Waals surface area contributed by atoms with Crippen molar-refractivity contribution in [1.29, 1.82) is 0 Å². The van der Waals surface area contributed by atoms with Crippen molar-refractivity contribution in [3.8, 4) is 0 Å². The highest BCUT2D eigenvalue weighted by Crippen LogP contribution is 2.25. The van der Waals surface area contributed by atoms with Crippen molar-refractivity contribution >= 4 is 43.1 Å². The topological polar surface area (TPSA) is 139 Å². The van der Waals surface area contributed by atoms with Gasteiger partial charge in [-0.15, -0.1) is 0 Å². The van der Waals surface area contributed by atoms with Crippen LogP contribution < -0.4 is 10.6 Å². The van der Waals surface area contributed by atoms with Gasteiger partial charge in [-0.2, -0.15) is 4.31 Å². The van der Waals surface area contributed by atoms with Gasteiger partial charge in [-0.3, -0.25) is 9.59 Å². The third-order valence-electron chi connectivity index (χ3n) is 5.43. The van der Waals surface area contributed by atoms with Crippen LogP contribution in [0, 0.1) is 5.92 Å². The number of methoxy groups -OCH3 is 1. The van der Waals surface area contributed by atoms with Crippen LogP contribution in [0.3, 0.4) is 0 Å². The number of ether oxygens (including phenoxy) is 1. The monoisotopic (exact) mass is 509 g/mol. The van der Waals surface area contributed by atoms with Gasteiger partial charge >= 0.3 is 5.97 Å². The molecule has 34 heavy (non-hydrogen) atoms. The molecule has 2 aromatic carbocycles. The smallest absolute Gasteiger partial charge is 0.309 e. The molecular formula is C22H27N3O7S2. The zero-order valence-corrected chi connectivity index (χ0v) is 20.5. The molecule has 1 aliphatic heterocycles. The lowest BCUT2D eigenvalue weighted by Crippen LogP contribution is -2.42. The average Bonchev–Trinajstić information content (AvgIpc) is 2.82. The highest BCUT2D eigenvalue weighted by atomic mass is 32.2. The third kappa shape index (κ3) is 6.33. The molecule has 10 nitrogen and oxygen atoms in total. The first-order valence-electron chi connectivity index (χ1n) is 10.5. The number of carbonyl (C=O) groups excluding carboxylic acids is 2. The van der Waals surface area contributed by atoms with Crippen LogP contribution in [-0.2, 0) is 34.2 Å². The molecule has 0 unspecified atom stereocenters. The first-order valence-corrected chi connectivity index (χ1v) is 13.9. The molecule has 184 valence electrons. The number of hydrogen-bond acceptors (Lipinski definition) is 8. The number of hydrogen-bond donors (Lipinski definition) is 2. The van der Waals surface area contributed by atoms with Crippen LogP contribution >= 0.6 is 0 Å². The third-order valence-corrected chi connectivity index (χ3v) is 8.44. The fourth-order valence-corrected chi connectivity index (χ4v) is 5.74. The molecule has 0 aliphatic carbocycles. The van der Waals surface area contributed by atoms with Gasteiger partial charge in [0.25, 0.3) is 0 Å². The lowest BCUT2D eigenvalue weighted by Gasteiger charge is -2.30. The molecule has 1 fully saturated rings. The van der Waals surface area contributed by atoms with Crippen molar-refractivity contribution in [1.82, 2.24) is 4.31 Å². The van der Waals surface area contributed by atoms with Crippen molar-refractivity contribution in [3.63, 3.8) is 0 Å². The normalized spacial score (nSPS) is 17.1. The van der Waals surface area contributed by atoms with Gasteiger partial charge in [-0.05, 0) is 61.4 Å². The number of nitrogens with one attached hydrogen (secondary N) is 2. The quantitative estimate of drug-likeness (QED) is 0.513. The Hall–Kier alpha value is -2.96. The van der Waals surface area contributed by atoms with Gasteiger partial charge in [-0.1, -0.05) is 0 Å². The van der Waals surface area contributed by atoms with E-state index in [0.717, 1.165) is 6.26 Å². The van der Waals surface area contributed by atoms with E-state index in [1.807, 2.05) is 0 Å². The first kappa shape index (κ1) is 25.7. The van der Waals surface area contributed by atoms with E-state index in [1.54, 1.807) is 12.1 Å². The Morgan fingerprint density at radius 3 is 2.15 bits per heavy atom. The van der Waals surface area contributed by atoms with E-state index in [-0.39, 0.29) is 28.8 Å². The minimum absolute atomic E-state index is 0.0765. The van der Waals surface area contributed by atoms with Crippen molar-refractivity contribution in [2.45, 2.75) is 22.6 Å². The lowest BCUT2D eigenvalue weighted by atomic mass is 10.0. The minimum Gasteiger partial charge on any atom is -0.469 e. The Bertz CT molecular complexity index is 1240. The Labute approximate surface area is 199 Å². The number of piperidine rings is 1. The number of sulfone groups is 1. The molecule has 1 saturated heterocycles. The van der Waals surface area contributed by atoms with E-state index in [4.69, 9.17) is 4.74 Å². The molecule has 2 N–H and O–H groups in total.